The normalized spacial score (nSPS) is 10.3. The highest BCUT2D eigenvalue weighted by molar-refractivity contribution is 9.10. The van der Waals surface area contributed by atoms with Gasteiger partial charge in [0.1, 0.15) is 0 Å². The fraction of sp³-hybridized carbons (Fsp3) is 0.0667. The van der Waals surface area contributed by atoms with E-state index in [1.54, 1.807) is 31.2 Å². The number of benzene rings is 1. The molecule has 2 aromatic rings. The summed E-state index contributed by atoms with van der Waals surface area (Å²) >= 11 is 3.28. The Morgan fingerprint density at radius 2 is 1.60 bits per heavy atom. The predicted molar refractivity (Wildman–Crippen MR) is 78.4 cm³/mol. The lowest BCUT2D eigenvalue weighted by Crippen LogP contribution is -2.02. The van der Waals surface area contributed by atoms with Crippen LogP contribution < -0.4 is 5.43 Å². The monoisotopic (exact) mass is 334 g/mol. The lowest BCUT2D eigenvalue weighted by Gasteiger charge is -2.02. The van der Waals surface area contributed by atoms with E-state index in [2.05, 4.69) is 15.9 Å². The largest absolute Gasteiger partial charge is 0.504 e. The number of carbonyl (C=O) groups is 1. The van der Waals surface area contributed by atoms with Crippen molar-refractivity contribution < 1.29 is 15.0 Å². The summed E-state index contributed by atoms with van der Waals surface area (Å²) in [5.74, 6) is -1.58. The molecular formula is C15H11BrO4. The van der Waals surface area contributed by atoms with E-state index >= 15 is 0 Å². The summed E-state index contributed by atoms with van der Waals surface area (Å²) in [6.45, 7) is 1.59. The molecule has 2 aromatic carbocycles. The molecule has 0 unspecified atom stereocenters. The van der Waals surface area contributed by atoms with Crippen molar-refractivity contribution in [2.75, 3.05) is 0 Å². The fourth-order valence-electron chi connectivity index (χ4n) is 1.80. The molecule has 2 N–H and O–H groups in total. The molecule has 0 aliphatic carbocycles. The first kappa shape index (κ1) is 14.3. The molecule has 2 rings (SSSR count). The Morgan fingerprint density at radius 3 is 2.20 bits per heavy atom. The first-order chi connectivity index (χ1) is 9.40. The van der Waals surface area contributed by atoms with Gasteiger partial charge >= 0.3 is 0 Å². The molecule has 0 fully saturated rings. The minimum Gasteiger partial charge on any atom is -0.504 e. The van der Waals surface area contributed by atoms with Crippen molar-refractivity contribution in [2.45, 2.75) is 6.92 Å². The zero-order chi connectivity index (χ0) is 14.9. The van der Waals surface area contributed by atoms with Crippen LogP contribution in [0.15, 0.2) is 45.7 Å². The Labute approximate surface area is 123 Å². The van der Waals surface area contributed by atoms with Crippen LogP contribution in [-0.4, -0.2) is 16.0 Å². The van der Waals surface area contributed by atoms with Crippen LogP contribution in [0.2, 0.25) is 0 Å². The first-order valence-corrected chi connectivity index (χ1v) is 6.56. The number of halogens is 1. The highest BCUT2D eigenvalue weighted by Gasteiger charge is 2.14. The number of carbonyl (C=O) groups excluding carboxylic acids is 1. The number of aromatic hydroxyl groups is 2. The molecule has 0 saturated heterocycles. The Morgan fingerprint density at radius 1 is 1.05 bits per heavy atom. The van der Waals surface area contributed by atoms with Gasteiger partial charge in [-0.3, -0.25) is 9.59 Å². The van der Waals surface area contributed by atoms with E-state index in [-0.39, 0.29) is 11.3 Å². The van der Waals surface area contributed by atoms with Gasteiger partial charge in [0, 0.05) is 15.6 Å². The molecule has 0 heterocycles. The third-order valence-corrected chi connectivity index (χ3v) is 3.40. The van der Waals surface area contributed by atoms with E-state index in [4.69, 9.17) is 0 Å². The summed E-state index contributed by atoms with van der Waals surface area (Å²) in [7, 11) is 0. The maximum Gasteiger partial charge on any atom is 0.261 e. The van der Waals surface area contributed by atoms with Crippen LogP contribution in [0.3, 0.4) is 0 Å². The SMILES string of the molecule is Cc1cc(O)c(=O)c(O)cc1C(=O)c1ccc(Br)cc1. The summed E-state index contributed by atoms with van der Waals surface area (Å²) in [6, 6.07) is 8.97. The van der Waals surface area contributed by atoms with E-state index in [0.717, 1.165) is 10.5 Å². The number of rotatable bonds is 2. The van der Waals surface area contributed by atoms with Crippen molar-refractivity contribution in [3.63, 3.8) is 0 Å². The van der Waals surface area contributed by atoms with Crippen LogP contribution in [0.5, 0.6) is 11.5 Å². The van der Waals surface area contributed by atoms with E-state index < -0.39 is 16.9 Å². The van der Waals surface area contributed by atoms with Crippen molar-refractivity contribution in [3.8, 4) is 11.5 Å². The van der Waals surface area contributed by atoms with E-state index in [9.17, 15) is 19.8 Å². The molecule has 102 valence electrons. The number of aryl methyl sites for hydroxylation is 1. The Kier molecular flexibility index (Phi) is 3.90. The van der Waals surface area contributed by atoms with Gasteiger partial charge in [-0.05, 0) is 48.9 Å². The molecule has 4 nitrogen and oxygen atoms in total. The van der Waals surface area contributed by atoms with Crippen molar-refractivity contribution >= 4 is 21.7 Å². The fourth-order valence-corrected chi connectivity index (χ4v) is 2.06. The maximum atomic E-state index is 12.4. The van der Waals surface area contributed by atoms with Gasteiger partial charge in [-0.2, -0.15) is 0 Å². The molecule has 0 aliphatic rings. The van der Waals surface area contributed by atoms with Crippen LogP contribution in [0.4, 0.5) is 0 Å². The van der Waals surface area contributed by atoms with Crippen molar-refractivity contribution in [1.29, 1.82) is 0 Å². The minimum atomic E-state index is -0.900. The molecule has 0 aliphatic heterocycles. The molecule has 0 bridgehead atoms. The van der Waals surface area contributed by atoms with E-state index in [1.807, 2.05) is 0 Å². The summed E-state index contributed by atoms with van der Waals surface area (Å²) in [5.41, 5.74) is 0.104. The summed E-state index contributed by atoms with van der Waals surface area (Å²) in [5, 5.41) is 19.0. The second kappa shape index (κ2) is 5.46. The first-order valence-electron chi connectivity index (χ1n) is 5.77. The third-order valence-electron chi connectivity index (χ3n) is 2.88. The molecule has 0 saturated carbocycles. The molecule has 0 spiro atoms. The Bertz CT molecular complexity index is 736. The quantitative estimate of drug-likeness (QED) is 0.828. The Hall–Kier alpha value is -2.14. The zero-order valence-corrected chi connectivity index (χ0v) is 12.1. The molecule has 0 aromatic heterocycles. The van der Waals surface area contributed by atoms with Crippen molar-refractivity contribution in [2.24, 2.45) is 0 Å². The van der Waals surface area contributed by atoms with Gasteiger partial charge in [0.15, 0.2) is 17.3 Å². The summed E-state index contributed by atoms with van der Waals surface area (Å²) < 4.78 is 0.840. The Balaban J connectivity index is 2.61. The summed E-state index contributed by atoms with van der Waals surface area (Å²) in [6.07, 6.45) is 0. The van der Waals surface area contributed by atoms with Crippen LogP contribution in [0.25, 0.3) is 0 Å². The molecule has 5 heteroatoms. The number of ketones is 1. The number of hydrogen-bond donors (Lipinski definition) is 2. The van der Waals surface area contributed by atoms with Gasteiger partial charge in [0.05, 0.1) is 0 Å². The molecule has 0 radical (unpaired) electrons. The van der Waals surface area contributed by atoms with Crippen molar-refractivity contribution in [1.82, 2.24) is 0 Å². The summed E-state index contributed by atoms with van der Waals surface area (Å²) in [4.78, 5) is 23.8. The molecule has 20 heavy (non-hydrogen) atoms. The average molecular weight is 335 g/mol. The molecular weight excluding hydrogens is 324 g/mol. The standard InChI is InChI=1S/C15H11BrO4/c1-8-6-12(17)15(20)13(18)7-11(8)14(19)9-2-4-10(16)5-3-9/h2-7H,1H3,(H2,17,18,20). The van der Waals surface area contributed by atoms with Crippen LogP contribution >= 0.6 is 15.9 Å². The lowest BCUT2D eigenvalue weighted by molar-refractivity contribution is 0.103. The second-order valence-corrected chi connectivity index (χ2v) is 5.24. The van der Waals surface area contributed by atoms with Crippen LogP contribution in [-0.2, 0) is 0 Å². The van der Waals surface area contributed by atoms with Gasteiger partial charge in [-0.1, -0.05) is 15.9 Å². The lowest BCUT2D eigenvalue weighted by atomic mass is 10.0. The highest BCUT2D eigenvalue weighted by Crippen LogP contribution is 2.20. The van der Waals surface area contributed by atoms with Gasteiger partial charge in [-0.25, -0.2) is 0 Å². The zero-order valence-electron chi connectivity index (χ0n) is 10.6. The van der Waals surface area contributed by atoms with Crippen LogP contribution in [0.1, 0.15) is 21.5 Å². The highest BCUT2D eigenvalue weighted by atomic mass is 79.9. The van der Waals surface area contributed by atoms with Gasteiger partial charge in [0.2, 0.25) is 0 Å². The van der Waals surface area contributed by atoms with Gasteiger partial charge in [-0.15, -0.1) is 0 Å². The van der Waals surface area contributed by atoms with Crippen molar-refractivity contribution in [3.05, 3.63) is 67.8 Å². The maximum absolute atomic E-state index is 12.4. The molecule has 0 amide bonds. The third kappa shape index (κ3) is 2.72. The number of hydrogen-bond acceptors (Lipinski definition) is 4. The van der Waals surface area contributed by atoms with E-state index in [1.165, 1.54) is 6.07 Å². The molecule has 0 atom stereocenters. The van der Waals surface area contributed by atoms with Gasteiger partial charge < -0.3 is 10.2 Å². The minimum absolute atomic E-state index is 0.169. The topological polar surface area (TPSA) is 74.6 Å². The smallest absolute Gasteiger partial charge is 0.261 e. The second-order valence-electron chi connectivity index (χ2n) is 4.32. The predicted octanol–water partition coefficient (Wildman–Crippen LogP) is 2.76. The van der Waals surface area contributed by atoms with Crippen LogP contribution in [0, 0.1) is 6.92 Å². The van der Waals surface area contributed by atoms with E-state index in [0.29, 0.717) is 11.1 Å². The van der Waals surface area contributed by atoms with Gasteiger partial charge in [0.25, 0.3) is 5.43 Å². The average Bonchev–Trinajstić information content (AvgIpc) is 2.51.